The molecule has 1 aromatic rings. The molecule has 0 radical (unpaired) electrons. The topological polar surface area (TPSA) is 47.3 Å². The first kappa shape index (κ1) is 13.4. The molecule has 0 bridgehead atoms. The molecule has 18 heavy (non-hydrogen) atoms. The maximum Gasteiger partial charge on any atom is 0.119 e. The normalized spacial score (nSPS) is 25.7. The van der Waals surface area contributed by atoms with E-state index in [0.717, 1.165) is 12.2 Å². The highest BCUT2D eigenvalue weighted by Crippen LogP contribution is 2.23. The van der Waals surface area contributed by atoms with Crippen LogP contribution >= 0.6 is 0 Å². The van der Waals surface area contributed by atoms with Gasteiger partial charge in [0.05, 0.1) is 7.11 Å². The van der Waals surface area contributed by atoms with E-state index in [4.69, 9.17) is 10.5 Å². The van der Waals surface area contributed by atoms with Crippen molar-refractivity contribution < 1.29 is 4.74 Å². The van der Waals surface area contributed by atoms with Crippen LogP contribution < -0.4 is 15.8 Å². The minimum atomic E-state index is 0.343. The zero-order chi connectivity index (χ0) is 13.0. The van der Waals surface area contributed by atoms with Crippen molar-refractivity contribution in [1.29, 1.82) is 0 Å². The summed E-state index contributed by atoms with van der Waals surface area (Å²) in [5, 5.41) is 3.68. The van der Waals surface area contributed by atoms with Crippen LogP contribution in [0.15, 0.2) is 24.3 Å². The number of nitrogens with one attached hydrogen (secondary N) is 1. The first-order valence-electron chi connectivity index (χ1n) is 6.84. The Labute approximate surface area is 110 Å². The molecule has 1 saturated carbocycles. The Morgan fingerprint density at radius 2 is 2.22 bits per heavy atom. The second kappa shape index (κ2) is 6.21. The smallest absolute Gasteiger partial charge is 0.119 e. The Morgan fingerprint density at radius 1 is 1.39 bits per heavy atom. The lowest BCUT2D eigenvalue weighted by molar-refractivity contribution is 0.318. The van der Waals surface area contributed by atoms with Crippen LogP contribution in [0.2, 0.25) is 0 Å². The summed E-state index contributed by atoms with van der Waals surface area (Å²) in [6, 6.07) is 9.52. The first-order chi connectivity index (χ1) is 8.69. The van der Waals surface area contributed by atoms with Gasteiger partial charge < -0.3 is 15.8 Å². The Hall–Kier alpha value is -1.06. The Balaban J connectivity index is 1.95. The molecule has 1 aromatic carbocycles. The van der Waals surface area contributed by atoms with E-state index in [0.29, 0.717) is 18.1 Å². The van der Waals surface area contributed by atoms with Crippen LogP contribution in [0.5, 0.6) is 5.75 Å². The molecular formula is C15H24N2O. The van der Waals surface area contributed by atoms with E-state index < -0.39 is 0 Å². The molecule has 3 atom stereocenters. The summed E-state index contributed by atoms with van der Waals surface area (Å²) < 4.78 is 5.26. The Bertz CT molecular complexity index is 381. The third-order valence-corrected chi connectivity index (χ3v) is 3.79. The van der Waals surface area contributed by atoms with Crippen molar-refractivity contribution in [2.45, 2.75) is 50.7 Å². The van der Waals surface area contributed by atoms with E-state index in [-0.39, 0.29) is 0 Å². The van der Waals surface area contributed by atoms with Crippen molar-refractivity contribution in [3.05, 3.63) is 29.8 Å². The fraction of sp³-hybridized carbons (Fsp3) is 0.600. The Morgan fingerprint density at radius 3 is 2.94 bits per heavy atom. The number of ether oxygens (including phenoxy) is 1. The van der Waals surface area contributed by atoms with E-state index in [1.807, 2.05) is 12.1 Å². The van der Waals surface area contributed by atoms with E-state index in [1.165, 1.54) is 24.8 Å². The quantitative estimate of drug-likeness (QED) is 0.861. The molecule has 0 heterocycles. The fourth-order valence-electron chi connectivity index (χ4n) is 2.74. The first-order valence-corrected chi connectivity index (χ1v) is 6.84. The summed E-state index contributed by atoms with van der Waals surface area (Å²) in [6.45, 7) is 2.20. The Kier molecular flexibility index (Phi) is 4.61. The highest BCUT2D eigenvalue weighted by Gasteiger charge is 2.20. The van der Waals surface area contributed by atoms with Crippen LogP contribution in [0.3, 0.4) is 0 Å². The molecule has 1 aliphatic rings. The van der Waals surface area contributed by atoms with Gasteiger partial charge in [-0.25, -0.2) is 0 Å². The third kappa shape index (κ3) is 3.47. The van der Waals surface area contributed by atoms with Crippen molar-refractivity contribution in [2.24, 2.45) is 5.73 Å². The van der Waals surface area contributed by atoms with Crippen LogP contribution in [0.25, 0.3) is 0 Å². The number of methoxy groups -OCH3 is 1. The van der Waals surface area contributed by atoms with Gasteiger partial charge in [-0.2, -0.15) is 0 Å². The summed E-state index contributed by atoms with van der Waals surface area (Å²) in [5.74, 6) is 0.918. The van der Waals surface area contributed by atoms with Crippen molar-refractivity contribution in [2.75, 3.05) is 7.11 Å². The van der Waals surface area contributed by atoms with E-state index in [2.05, 4.69) is 24.4 Å². The number of rotatable bonds is 4. The van der Waals surface area contributed by atoms with Gasteiger partial charge in [0.2, 0.25) is 0 Å². The molecule has 3 N–H and O–H groups in total. The van der Waals surface area contributed by atoms with Gasteiger partial charge in [-0.3, -0.25) is 0 Å². The van der Waals surface area contributed by atoms with Crippen molar-refractivity contribution in [3.8, 4) is 5.75 Å². The van der Waals surface area contributed by atoms with E-state index >= 15 is 0 Å². The molecular weight excluding hydrogens is 224 g/mol. The molecule has 3 unspecified atom stereocenters. The van der Waals surface area contributed by atoms with Gasteiger partial charge >= 0.3 is 0 Å². The molecule has 0 amide bonds. The second-order valence-electron chi connectivity index (χ2n) is 5.29. The standard InChI is InChI=1S/C15H24N2O/c1-11(12-5-3-8-15(9-12)18-2)17-14-7-4-6-13(16)10-14/h3,5,8-9,11,13-14,17H,4,6-7,10,16H2,1-2H3. The molecule has 0 aromatic heterocycles. The number of benzene rings is 1. The van der Waals surface area contributed by atoms with Gasteiger partial charge in [-0.1, -0.05) is 18.6 Å². The molecule has 100 valence electrons. The zero-order valence-corrected chi connectivity index (χ0v) is 11.4. The monoisotopic (exact) mass is 248 g/mol. The molecule has 3 heteroatoms. The summed E-state index contributed by atoms with van der Waals surface area (Å²) in [7, 11) is 1.71. The van der Waals surface area contributed by atoms with Crippen LogP contribution in [0.4, 0.5) is 0 Å². The fourth-order valence-corrected chi connectivity index (χ4v) is 2.74. The third-order valence-electron chi connectivity index (χ3n) is 3.79. The summed E-state index contributed by atoms with van der Waals surface area (Å²) >= 11 is 0. The molecule has 0 spiro atoms. The van der Waals surface area contributed by atoms with Crippen LogP contribution in [0, 0.1) is 0 Å². The molecule has 0 saturated heterocycles. The minimum absolute atomic E-state index is 0.343. The van der Waals surface area contributed by atoms with Gasteiger partial charge in [-0.05, 0) is 43.9 Å². The number of nitrogens with two attached hydrogens (primary N) is 1. The SMILES string of the molecule is COc1cccc(C(C)NC2CCCC(N)C2)c1. The number of hydrogen-bond donors (Lipinski definition) is 2. The molecule has 2 rings (SSSR count). The molecule has 1 aliphatic carbocycles. The van der Waals surface area contributed by atoms with Gasteiger partial charge in [0.15, 0.2) is 0 Å². The van der Waals surface area contributed by atoms with Gasteiger partial charge in [0.25, 0.3) is 0 Å². The second-order valence-corrected chi connectivity index (χ2v) is 5.29. The number of hydrogen-bond acceptors (Lipinski definition) is 3. The lowest BCUT2D eigenvalue weighted by Gasteiger charge is -2.30. The van der Waals surface area contributed by atoms with Gasteiger partial charge in [0.1, 0.15) is 5.75 Å². The molecule has 0 aliphatic heterocycles. The van der Waals surface area contributed by atoms with Crippen molar-refractivity contribution >= 4 is 0 Å². The lowest BCUT2D eigenvalue weighted by atomic mass is 9.91. The van der Waals surface area contributed by atoms with Crippen LogP contribution in [0.1, 0.15) is 44.2 Å². The van der Waals surface area contributed by atoms with Crippen LogP contribution in [-0.2, 0) is 0 Å². The maximum atomic E-state index is 6.03. The van der Waals surface area contributed by atoms with Gasteiger partial charge in [0, 0.05) is 18.1 Å². The molecule has 3 nitrogen and oxygen atoms in total. The van der Waals surface area contributed by atoms with Gasteiger partial charge in [-0.15, -0.1) is 0 Å². The average Bonchev–Trinajstić information content (AvgIpc) is 2.39. The van der Waals surface area contributed by atoms with E-state index in [1.54, 1.807) is 7.11 Å². The zero-order valence-electron chi connectivity index (χ0n) is 11.4. The van der Waals surface area contributed by atoms with Crippen molar-refractivity contribution in [1.82, 2.24) is 5.32 Å². The van der Waals surface area contributed by atoms with Crippen molar-refractivity contribution in [3.63, 3.8) is 0 Å². The van der Waals surface area contributed by atoms with Crippen LogP contribution in [-0.4, -0.2) is 19.2 Å². The highest BCUT2D eigenvalue weighted by atomic mass is 16.5. The predicted molar refractivity (Wildman–Crippen MR) is 74.8 cm³/mol. The van der Waals surface area contributed by atoms with E-state index in [9.17, 15) is 0 Å². The minimum Gasteiger partial charge on any atom is -0.497 e. The summed E-state index contributed by atoms with van der Waals surface area (Å²) in [6.07, 6.45) is 4.74. The average molecular weight is 248 g/mol. The highest BCUT2D eigenvalue weighted by molar-refractivity contribution is 5.30. The molecule has 1 fully saturated rings. The summed E-state index contributed by atoms with van der Waals surface area (Å²) in [4.78, 5) is 0. The lowest BCUT2D eigenvalue weighted by Crippen LogP contribution is -2.40. The predicted octanol–water partition coefficient (Wildman–Crippen LogP) is 2.62. The summed E-state index contributed by atoms with van der Waals surface area (Å²) in [5.41, 5.74) is 7.30. The largest absolute Gasteiger partial charge is 0.497 e. The maximum absolute atomic E-state index is 6.03.